The highest BCUT2D eigenvalue weighted by Gasteiger charge is 2.39. The van der Waals surface area contributed by atoms with Gasteiger partial charge in [0.15, 0.2) is 11.5 Å². The minimum absolute atomic E-state index is 0.0263. The summed E-state index contributed by atoms with van der Waals surface area (Å²) in [6.07, 6.45) is -3.71. The topological polar surface area (TPSA) is 141 Å². The maximum Gasteiger partial charge on any atom is 0.435 e. The number of benzene rings is 1. The number of carbonyl (C=O) groups is 2. The third kappa shape index (κ3) is 6.23. The average Bonchev–Trinajstić information content (AvgIpc) is 3.24. The number of aryl methyl sites for hydroxylation is 1. The van der Waals surface area contributed by atoms with Crippen molar-refractivity contribution in [1.29, 1.82) is 0 Å². The molecule has 35 heavy (non-hydrogen) atoms. The van der Waals surface area contributed by atoms with Crippen LogP contribution in [-0.4, -0.2) is 44.8 Å². The Hall–Kier alpha value is -4.20. The van der Waals surface area contributed by atoms with Gasteiger partial charge in [-0.1, -0.05) is 11.6 Å². The first-order valence-electron chi connectivity index (χ1n) is 9.72. The summed E-state index contributed by atoms with van der Waals surface area (Å²) in [5.41, 5.74) is -1.69. The first kappa shape index (κ1) is 25.4. The largest absolute Gasteiger partial charge is 0.447 e. The molecule has 0 bridgehead atoms. The number of nitro benzene ring substituents is 1. The van der Waals surface area contributed by atoms with Crippen molar-refractivity contribution in [2.45, 2.75) is 13.1 Å². The molecular weight excluding hydrogens is 497 g/mol. The Morgan fingerprint density at radius 1 is 1.29 bits per heavy atom. The molecule has 0 saturated heterocycles. The van der Waals surface area contributed by atoms with Crippen LogP contribution < -0.4 is 10.6 Å². The molecule has 0 spiro atoms. The molecule has 184 valence electrons. The lowest BCUT2D eigenvalue weighted by atomic mass is 10.2. The third-order valence-electron chi connectivity index (χ3n) is 4.46. The van der Waals surface area contributed by atoms with Crippen LogP contribution in [0.5, 0.6) is 0 Å². The van der Waals surface area contributed by atoms with E-state index < -0.39 is 34.4 Å². The molecule has 2 N–H and O–H groups in total. The molecule has 2 amide bonds. The van der Waals surface area contributed by atoms with E-state index in [2.05, 4.69) is 20.7 Å². The highest BCUT2D eigenvalue weighted by molar-refractivity contribution is 6.32. The van der Waals surface area contributed by atoms with Gasteiger partial charge in [-0.2, -0.15) is 18.3 Å². The fourth-order valence-corrected chi connectivity index (χ4v) is 3.06. The van der Waals surface area contributed by atoms with E-state index in [1.807, 2.05) is 0 Å². The Morgan fingerprint density at radius 2 is 2.03 bits per heavy atom. The fourth-order valence-electron chi connectivity index (χ4n) is 2.86. The predicted molar refractivity (Wildman–Crippen MR) is 117 cm³/mol. The number of alkyl halides is 3. The zero-order valence-corrected chi connectivity index (χ0v) is 18.6. The SMILES string of the molecule is Cc1cc([N+](=O)[O-])ccc1NC(=O)OCCNC(=O)c1cn(-c2ncccc2Cl)nc1C(F)(F)F. The molecule has 0 aliphatic heterocycles. The molecule has 15 heteroatoms. The van der Waals surface area contributed by atoms with E-state index >= 15 is 0 Å². The number of nitrogens with one attached hydrogen (secondary N) is 2. The summed E-state index contributed by atoms with van der Waals surface area (Å²) in [5.74, 6) is -1.20. The van der Waals surface area contributed by atoms with Gasteiger partial charge in [-0.05, 0) is 30.7 Å². The molecule has 0 atom stereocenters. The number of nitro groups is 1. The normalized spacial score (nSPS) is 11.1. The van der Waals surface area contributed by atoms with Crippen LogP contribution >= 0.6 is 11.6 Å². The number of hydrogen-bond acceptors (Lipinski definition) is 7. The monoisotopic (exact) mass is 512 g/mol. The minimum atomic E-state index is -4.93. The lowest BCUT2D eigenvalue weighted by Crippen LogP contribution is -2.30. The van der Waals surface area contributed by atoms with Crippen LogP contribution in [0.1, 0.15) is 21.6 Å². The second kappa shape index (κ2) is 10.4. The maximum absolute atomic E-state index is 13.4. The number of aromatic nitrogens is 3. The summed E-state index contributed by atoms with van der Waals surface area (Å²) in [4.78, 5) is 38.3. The highest BCUT2D eigenvalue weighted by Crippen LogP contribution is 2.32. The summed E-state index contributed by atoms with van der Waals surface area (Å²) in [6, 6.07) is 6.65. The van der Waals surface area contributed by atoms with Gasteiger partial charge in [0.25, 0.3) is 11.6 Å². The Bertz CT molecular complexity index is 1280. The third-order valence-corrected chi connectivity index (χ3v) is 4.76. The van der Waals surface area contributed by atoms with Crippen LogP contribution in [0.15, 0.2) is 42.7 Å². The zero-order valence-electron chi connectivity index (χ0n) is 17.8. The average molecular weight is 513 g/mol. The Balaban J connectivity index is 1.60. The Labute approximate surface area is 200 Å². The molecule has 1 aromatic carbocycles. The van der Waals surface area contributed by atoms with Crippen molar-refractivity contribution in [2.75, 3.05) is 18.5 Å². The first-order chi connectivity index (χ1) is 16.5. The zero-order chi connectivity index (χ0) is 25.8. The molecule has 0 radical (unpaired) electrons. The number of ether oxygens (including phenoxy) is 1. The molecule has 0 fully saturated rings. The Morgan fingerprint density at radius 3 is 2.66 bits per heavy atom. The number of rotatable bonds is 7. The van der Waals surface area contributed by atoms with Crippen molar-refractivity contribution in [3.63, 3.8) is 0 Å². The molecule has 3 rings (SSSR count). The van der Waals surface area contributed by atoms with Crippen LogP contribution in [0.2, 0.25) is 5.02 Å². The van der Waals surface area contributed by atoms with Gasteiger partial charge >= 0.3 is 12.3 Å². The first-order valence-corrected chi connectivity index (χ1v) is 10.1. The second-order valence-electron chi connectivity index (χ2n) is 6.92. The lowest BCUT2D eigenvalue weighted by Gasteiger charge is -2.10. The Kier molecular flexibility index (Phi) is 7.54. The summed E-state index contributed by atoms with van der Waals surface area (Å²) >= 11 is 5.95. The van der Waals surface area contributed by atoms with Gasteiger partial charge in [0, 0.05) is 30.2 Å². The fraction of sp³-hybridized carbons (Fsp3) is 0.200. The molecule has 2 aromatic heterocycles. The number of anilines is 1. The van der Waals surface area contributed by atoms with Gasteiger partial charge in [0.2, 0.25) is 0 Å². The summed E-state index contributed by atoms with van der Waals surface area (Å²) < 4.78 is 45.9. The van der Waals surface area contributed by atoms with Gasteiger partial charge in [0.1, 0.15) is 6.61 Å². The van der Waals surface area contributed by atoms with Gasteiger partial charge in [0.05, 0.1) is 22.1 Å². The van der Waals surface area contributed by atoms with Crippen LogP contribution in [0, 0.1) is 17.0 Å². The van der Waals surface area contributed by atoms with Crippen molar-refractivity contribution >= 4 is 35.0 Å². The van der Waals surface area contributed by atoms with E-state index in [-0.39, 0.29) is 35.4 Å². The standard InChI is InChI=1S/C20H16ClF3N6O5/c1-11-9-12(30(33)34)4-5-15(11)27-19(32)35-8-7-26-18(31)13-10-29(28-16(13)20(22,23)24)17-14(21)3-2-6-25-17/h2-6,9-10H,7-8H2,1H3,(H,26,31)(H,27,32). The van der Waals surface area contributed by atoms with E-state index in [9.17, 15) is 32.9 Å². The van der Waals surface area contributed by atoms with Gasteiger partial charge in [-0.15, -0.1) is 0 Å². The van der Waals surface area contributed by atoms with Crippen LogP contribution in [-0.2, 0) is 10.9 Å². The lowest BCUT2D eigenvalue weighted by molar-refractivity contribution is -0.384. The number of pyridine rings is 1. The number of nitrogens with zero attached hydrogens (tertiary/aromatic N) is 4. The van der Waals surface area contributed by atoms with Crippen molar-refractivity contribution in [2.24, 2.45) is 0 Å². The van der Waals surface area contributed by atoms with E-state index in [1.165, 1.54) is 36.5 Å². The van der Waals surface area contributed by atoms with Crippen LogP contribution in [0.25, 0.3) is 5.82 Å². The minimum Gasteiger partial charge on any atom is -0.447 e. The number of hydrogen-bond donors (Lipinski definition) is 2. The van der Waals surface area contributed by atoms with Crippen molar-refractivity contribution < 1.29 is 32.4 Å². The molecular formula is C20H16ClF3N6O5. The van der Waals surface area contributed by atoms with E-state index in [4.69, 9.17) is 16.3 Å². The molecule has 11 nitrogen and oxygen atoms in total. The number of halogens is 4. The number of non-ortho nitro benzene ring substituents is 1. The van der Waals surface area contributed by atoms with Crippen molar-refractivity contribution in [1.82, 2.24) is 20.1 Å². The maximum atomic E-state index is 13.4. The molecule has 3 aromatic rings. The van der Waals surface area contributed by atoms with Crippen LogP contribution in [0.3, 0.4) is 0 Å². The summed E-state index contributed by atoms with van der Waals surface area (Å²) in [6.45, 7) is 0.864. The summed E-state index contributed by atoms with van der Waals surface area (Å²) in [7, 11) is 0. The number of carbonyl (C=O) groups excluding carboxylic acids is 2. The second-order valence-corrected chi connectivity index (χ2v) is 7.32. The quantitative estimate of drug-likeness (QED) is 0.275. The van der Waals surface area contributed by atoms with E-state index in [0.29, 0.717) is 5.56 Å². The van der Waals surface area contributed by atoms with Gasteiger partial charge < -0.3 is 10.1 Å². The van der Waals surface area contributed by atoms with Crippen molar-refractivity contribution in [3.8, 4) is 5.82 Å². The van der Waals surface area contributed by atoms with Gasteiger partial charge in [-0.25, -0.2) is 14.5 Å². The smallest absolute Gasteiger partial charge is 0.435 e. The summed E-state index contributed by atoms with van der Waals surface area (Å²) in [5, 5.41) is 18.8. The van der Waals surface area contributed by atoms with E-state index in [1.54, 1.807) is 6.92 Å². The van der Waals surface area contributed by atoms with Crippen molar-refractivity contribution in [3.05, 3.63) is 74.7 Å². The van der Waals surface area contributed by atoms with E-state index in [0.717, 1.165) is 10.9 Å². The number of amides is 2. The highest BCUT2D eigenvalue weighted by atomic mass is 35.5. The van der Waals surface area contributed by atoms with Crippen LogP contribution in [0.4, 0.5) is 29.3 Å². The van der Waals surface area contributed by atoms with Gasteiger partial charge in [-0.3, -0.25) is 20.2 Å². The molecule has 0 aliphatic carbocycles. The molecule has 2 heterocycles. The predicted octanol–water partition coefficient (Wildman–Crippen LogP) is 4.13. The molecule has 0 aliphatic rings. The molecule has 0 unspecified atom stereocenters. The molecule has 0 saturated carbocycles.